The second-order valence-electron chi connectivity index (χ2n) is 8.09. The van der Waals surface area contributed by atoms with Crippen LogP contribution in [0.25, 0.3) is 21.8 Å². The van der Waals surface area contributed by atoms with E-state index in [9.17, 15) is 9.59 Å². The van der Waals surface area contributed by atoms with Crippen molar-refractivity contribution in [2.75, 3.05) is 33.7 Å². The maximum absolute atomic E-state index is 12.9. The number of carbonyl (C=O) groups is 1. The van der Waals surface area contributed by atoms with Crippen LogP contribution in [0.5, 0.6) is 0 Å². The summed E-state index contributed by atoms with van der Waals surface area (Å²) in [6, 6.07) is 6.19. The van der Waals surface area contributed by atoms with Crippen LogP contribution in [-0.2, 0) is 11.8 Å². The Hall–Kier alpha value is -2.67. The molecule has 0 bridgehead atoms. The highest BCUT2D eigenvalue weighted by molar-refractivity contribution is 6.04. The van der Waals surface area contributed by atoms with Crippen molar-refractivity contribution in [1.29, 1.82) is 0 Å². The van der Waals surface area contributed by atoms with Crippen LogP contribution in [0.3, 0.4) is 0 Å². The van der Waals surface area contributed by atoms with Gasteiger partial charge in [0.05, 0.1) is 18.8 Å². The number of rotatable bonds is 3. The molecule has 4 rings (SSSR count). The van der Waals surface area contributed by atoms with E-state index in [1.54, 1.807) is 4.57 Å². The van der Waals surface area contributed by atoms with E-state index in [0.29, 0.717) is 6.54 Å². The van der Waals surface area contributed by atoms with Gasteiger partial charge in [-0.1, -0.05) is 17.7 Å². The summed E-state index contributed by atoms with van der Waals surface area (Å²) in [6.07, 6.45) is 3.56. The minimum atomic E-state index is 0.00606. The molecule has 7 heteroatoms. The average molecular weight is 381 g/mol. The normalized spacial score (nSPS) is 15.8. The Balaban J connectivity index is 1.68. The molecule has 0 saturated carbocycles. The molecule has 0 atom stereocenters. The molecule has 0 N–H and O–H groups in total. The van der Waals surface area contributed by atoms with Gasteiger partial charge in [0.2, 0.25) is 5.91 Å². The van der Waals surface area contributed by atoms with E-state index in [2.05, 4.69) is 5.10 Å². The van der Waals surface area contributed by atoms with Gasteiger partial charge in [-0.2, -0.15) is 5.10 Å². The van der Waals surface area contributed by atoms with Crippen LogP contribution < -0.4 is 5.56 Å². The summed E-state index contributed by atoms with van der Waals surface area (Å²) < 4.78 is 3.71. The van der Waals surface area contributed by atoms with E-state index in [1.807, 2.05) is 66.9 Å². The van der Waals surface area contributed by atoms with Crippen molar-refractivity contribution in [3.63, 3.8) is 0 Å². The number of pyridine rings is 1. The van der Waals surface area contributed by atoms with Gasteiger partial charge in [-0.3, -0.25) is 14.2 Å². The fourth-order valence-electron chi connectivity index (χ4n) is 4.22. The summed E-state index contributed by atoms with van der Waals surface area (Å²) in [5.74, 6) is 0.169. The van der Waals surface area contributed by atoms with Gasteiger partial charge in [-0.05, 0) is 45.3 Å². The third kappa shape index (κ3) is 3.09. The lowest BCUT2D eigenvalue weighted by Gasteiger charge is -2.33. The molecule has 1 amide bonds. The molecule has 0 aliphatic carbocycles. The molecule has 1 aromatic carbocycles. The van der Waals surface area contributed by atoms with Gasteiger partial charge in [0.1, 0.15) is 5.65 Å². The first kappa shape index (κ1) is 18.7. The Bertz CT molecular complexity index is 1100. The monoisotopic (exact) mass is 381 g/mol. The summed E-state index contributed by atoms with van der Waals surface area (Å²) in [5, 5.41) is 7.35. The second-order valence-corrected chi connectivity index (χ2v) is 8.09. The maximum Gasteiger partial charge on any atom is 0.259 e. The quantitative estimate of drug-likeness (QED) is 0.695. The Morgan fingerprint density at radius 2 is 1.89 bits per heavy atom. The number of benzene rings is 1. The van der Waals surface area contributed by atoms with Crippen LogP contribution in [0.2, 0.25) is 0 Å². The molecule has 1 saturated heterocycles. The molecule has 7 nitrogen and oxygen atoms in total. The van der Waals surface area contributed by atoms with Crippen LogP contribution in [-0.4, -0.2) is 63.8 Å². The fourth-order valence-corrected chi connectivity index (χ4v) is 4.22. The molecule has 1 aliphatic heterocycles. The van der Waals surface area contributed by atoms with Crippen molar-refractivity contribution in [3.8, 4) is 0 Å². The number of hydrogen-bond donors (Lipinski definition) is 0. The first-order valence-corrected chi connectivity index (χ1v) is 9.76. The van der Waals surface area contributed by atoms with E-state index in [1.165, 1.54) is 0 Å². The van der Waals surface area contributed by atoms with Gasteiger partial charge in [-0.15, -0.1) is 0 Å². The molecular formula is C21H27N5O2. The van der Waals surface area contributed by atoms with Crippen molar-refractivity contribution in [1.82, 2.24) is 24.1 Å². The molecule has 148 valence electrons. The molecule has 3 heterocycles. The van der Waals surface area contributed by atoms with Gasteiger partial charge in [0.15, 0.2) is 0 Å². The largest absolute Gasteiger partial charge is 0.341 e. The second kappa shape index (κ2) is 7.05. The van der Waals surface area contributed by atoms with E-state index in [0.717, 1.165) is 53.3 Å². The number of carbonyl (C=O) groups excluding carboxylic acids is 1. The Morgan fingerprint density at radius 3 is 2.57 bits per heavy atom. The Labute approximate surface area is 164 Å². The van der Waals surface area contributed by atoms with Crippen LogP contribution in [0.1, 0.15) is 24.4 Å². The lowest BCUT2D eigenvalue weighted by molar-refractivity contribution is -0.133. The van der Waals surface area contributed by atoms with E-state index < -0.39 is 0 Å². The highest BCUT2D eigenvalue weighted by atomic mass is 16.2. The van der Waals surface area contributed by atoms with Gasteiger partial charge in [0.25, 0.3) is 5.56 Å². The minimum absolute atomic E-state index is 0.00606. The summed E-state index contributed by atoms with van der Waals surface area (Å²) in [4.78, 5) is 29.1. The lowest BCUT2D eigenvalue weighted by atomic mass is 10.0. The number of aryl methyl sites for hydroxylation is 2. The lowest BCUT2D eigenvalue weighted by Crippen LogP contribution is -2.43. The van der Waals surface area contributed by atoms with E-state index in [4.69, 9.17) is 0 Å². The number of hydrogen-bond acceptors (Lipinski definition) is 4. The SMILES string of the molecule is Cc1ccc2c(c1)c(=O)n(C)c1c2cnn1C1CCN(C(=O)CN(C)C)CC1. The van der Waals surface area contributed by atoms with Crippen molar-refractivity contribution in [2.45, 2.75) is 25.8 Å². The van der Waals surface area contributed by atoms with Gasteiger partial charge in [0, 0.05) is 30.9 Å². The number of likely N-dealkylation sites (N-methyl/N-ethyl adjacent to an activating group) is 1. The number of piperidine rings is 1. The van der Waals surface area contributed by atoms with E-state index in [-0.39, 0.29) is 17.5 Å². The zero-order valence-corrected chi connectivity index (χ0v) is 17.0. The zero-order chi connectivity index (χ0) is 20.0. The summed E-state index contributed by atoms with van der Waals surface area (Å²) in [7, 11) is 5.64. The molecule has 1 aliphatic rings. The number of aromatic nitrogens is 3. The molecule has 28 heavy (non-hydrogen) atoms. The van der Waals surface area contributed by atoms with Crippen LogP contribution in [0.15, 0.2) is 29.2 Å². The predicted octanol–water partition coefficient (Wildman–Crippen LogP) is 1.92. The first-order valence-electron chi connectivity index (χ1n) is 9.76. The number of fused-ring (bicyclic) bond motifs is 3. The standard InChI is InChI=1S/C21H27N5O2/c1-14-5-6-16-17(11-14)21(28)24(4)20-18(16)12-22-26(20)15-7-9-25(10-8-15)19(27)13-23(2)3/h5-6,11-12,15H,7-10,13H2,1-4H3. The van der Waals surface area contributed by atoms with Crippen molar-refractivity contribution in [3.05, 3.63) is 40.3 Å². The first-order chi connectivity index (χ1) is 13.4. The summed E-state index contributed by atoms with van der Waals surface area (Å²) in [5.41, 5.74) is 1.94. The van der Waals surface area contributed by atoms with E-state index >= 15 is 0 Å². The molecule has 0 radical (unpaired) electrons. The van der Waals surface area contributed by atoms with Crippen LogP contribution in [0, 0.1) is 6.92 Å². The van der Waals surface area contributed by atoms with Crippen molar-refractivity contribution >= 4 is 27.7 Å². The topological polar surface area (TPSA) is 63.4 Å². The zero-order valence-electron chi connectivity index (χ0n) is 17.0. The Morgan fingerprint density at radius 1 is 1.18 bits per heavy atom. The van der Waals surface area contributed by atoms with Crippen molar-refractivity contribution < 1.29 is 4.79 Å². The van der Waals surface area contributed by atoms with Gasteiger partial charge < -0.3 is 9.80 Å². The molecule has 3 aromatic rings. The number of likely N-dealkylation sites (tertiary alicyclic amines) is 1. The van der Waals surface area contributed by atoms with Crippen molar-refractivity contribution in [2.24, 2.45) is 7.05 Å². The van der Waals surface area contributed by atoms with Gasteiger partial charge >= 0.3 is 0 Å². The summed E-state index contributed by atoms with van der Waals surface area (Å²) >= 11 is 0. The smallest absolute Gasteiger partial charge is 0.259 e. The number of nitrogens with zero attached hydrogens (tertiary/aromatic N) is 5. The molecule has 0 unspecified atom stereocenters. The highest BCUT2D eigenvalue weighted by Gasteiger charge is 2.26. The summed E-state index contributed by atoms with van der Waals surface area (Å²) in [6.45, 7) is 3.88. The molecular weight excluding hydrogens is 354 g/mol. The third-order valence-corrected chi connectivity index (χ3v) is 5.70. The Kier molecular flexibility index (Phi) is 4.71. The number of amides is 1. The van der Waals surface area contributed by atoms with Crippen LogP contribution >= 0.6 is 0 Å². The maximum atomic E-state index is 12.9. The molecule has 2 aromatic heterocycles. The predicted molar refractivity (Wildman–Crippen MR) is 111 cm³/mol. The average Bonchev–Trinajstić information content (AvgIpc) is 3.11. The van der Waals surface area contributed by atoms with Crippen LogP contribution in [0.4, 0.5) is 0 Å². The molecule has 1 fully saturated rings. The third-order valence-electron chi connectivity index (χ3n) is 5.70. The fraction of sp³-hybridized carbons (Fsp3) is 0.476. The van der Waals surface area contributed by atoms with Gasteiger partial charge in [-0.25, -0.2) is 4.68 Å². The highest BCUT2D eigenvalue weighted by Crippen LogP contribution is 2.29. The minimum Gasteiger partial charge on any atom is -0.341 e. The molecule has 0 spiro atoms.